The smallest absolute Gasteiger partial charge is 0.248 e. The summed E-state index contributed by atoms with van der Waals surface area (Å²) >= 11 is 0. The highest BCUT2D eigenvalue weighted by Gasteiger charge is 2.01. The van der Waals surface area contributed by atoms with Gasteiger partial charge in [0.25, 0.3) is 0 Å². The number of rotatable bonds is 9. The van der Waals surface area contributed by atoms with Crippen molar-refractivity contribution in [2.24, 2.45) is 5.73 Å². The molecule has 0 aliphatic rings. The Bertz CT molecular complexity index is 413. The van der Waals surface area contributed by atoms with Gasteiger partial charge in [0.05, 0.1) is 6.61 Å². The van der Waals surface area contributed by atoms with E-state index in [0.29, 0.717) is 17.9 Å². The molecular weight excluding hydrogens is 238 g/mol. The molecule has 0 unspecified atom stereocenters. The zero-order valence-corrected chi connectivity index (χ0v) is 11.6. The predicted molar refractivity (Wildman–Crippen MR) is 78.4 cm³/mol. The minimum atomic E-state index is -0.423. The van der Waals surface area contributed by atoms with Crippen molar-refractivity contribution in [3.8, 4) is 5.75 Å². The van der Waals surface area contributed by atoms with Crippen LogP contribution < -0.4 is 10.5 Å². The van der Waals surface area contributed by atoms with Crippen LogP contribution in [0, 0.1) is 0 Å². The van der Waals surface area contributed by atoms with Crippen molar-refractivity contribution in [3.05, 3.63) is 42.0 Å². The second-order valence-corrected chi connectivity index (χ2v) is 4.47. The third-order valence-electron chi connectivity index (χ3n) is 2.80. The molecule has 3 nitrogen and oxygen atoms in total. The third kappa shape index (κ3) is 6.65. The summed E-state index contributed by atoms with van der Waals surface area (Å²) in [5, 5.41) is 0. The maximum Gasteiger partial charge on any atom is 0.248 e. The van der Waals surface area contributed by atoms with Crippen molar-refractivity contribution >= 4 is 5.91 Å². The second kappa shape index (κ2) is 9.20. The van der Waals surface area contributed by atoms with Crippen LogP contribution in [0.5, 0.6) is 5.75 Å². The number of benzene rings is 1. The first kappa shape index (κ1) is 15.3. The fraction of sp³-hybridized carbons (Fsp3) is 0.438. The van der Waals surface area contributed by atoms with Gasteiger partial charge >= 0.3 is 0 Å². The van der Waals surface area contributed by atoms with E-state index in [2.05, 4.69) is 19.1 Å². The van der Waals surface area contributed by atoms with E-state index in [1.807, 2.05) is 6.07 Å². The lowest BCUT2D eigenvalue weighted by Crippen LogP contribution is -2.10. The fourth-order valence-electron chi connectivity index (χ4n) is 1.75. The van der Waals surface area contributed by atoms with Crippen molar-refractivity contribution < 1.29 is 9.53 Å². The van der Waals surface area contributed by atoms with Crippen LogP contribution in [-0.4, -0.2) is 12.5 Å². The van der Waals surface area contributed by atoms with Gasteiger partial charge in [0, 0.05) is 5.56 Å². The number of carbonyl (C=O) groups is 1. The normalized spacial score (nSPS) is 10.8. The lowest BCUT2D eigenvalue weighted by molar-refractivity contribution is 0.1000. The van der Waals surface area contributed by atoms with Crippen molar-refractivity contribution in [2.45, 2.75) is 39.0 Å². The molecule has 19 heavy (non-hydrogen) atoms. The summed E-state index contributed by atoms with van der Waals surface area (Å²) in [4.78, 5) is 11.0. The molecule has 0 aliphatic carbocycles. The molecule has 1 amide bonds. The lowest BCUT2D eigenvalue weighted by atomic mass is 10.2. The standard InChI is InChI=1S/C16H23NO2/c1-2-3-4-5-6-7-8-12-19-15-11-9-10-14(13-15)16(17)18/h3-4,9-11,13H,2,5-8,12H2,1H3,(H2,17,18). The molecule has 0 atom stereocenters. The molecule has 0 bridgehead atoms. The molecule has 0 saturated heterocycles. The maximum absolute atomic E-state index is 11.0. The highest BCUT2D eigenvalue weighted by atomic mass is 16.5. The number of nitrogens with two attached hydrogens (primary N) is 1. The van der Waals surface area contributed by atoms with Crippen molar-refractivity contribution in [2.75, 3.05) is 6.61 Å². The Hall–Kier alpha value is -1.77. The largest absolute Gasteiger partial charge is 0.494 e. The van der Waals surface area contributed by atoms with Gasteiger partial charge in [-0.15, -0.1) is 0 Å². The first-order chi connectivity index (χ1) is 9.24. The van der Waals surface area contributed by atoms with Crippen LogP contribution in [0.15, 0.2) is 36.4 Å². The molecule has 1 rings (SSSR count). The Balaban J connectivity index is 2.17. The molecule has 0 radical (unpaired) electrons. The van der Waals surface area contributed by atoms with Crippen LogP contribution in [0.2, 0.25) is 0 Å². The van der Waals surface area contributed by atoms with E-state index in [9.17, 15) is 4.79 Å². The van der Waals surface area contributed by atoms with Gasteiger partial charge in [0.15, 0.2) is 0 Å². The zero-order valence-electron chi connectivity index (χ0n) is 11.6. The molecule has 0 heterocycles. The van der Waals surface area contributed by atoms with Gasteiger partial charge in [-0.2, -0.15) is 0 Å². The summed E-state index contributed by atoms with van der Waals surface area (Å²) in [5.41, 5.74) is 5.70. The van der Waals surface area contributed by atoms with Crippen LogP contribution in [0.4, 0.5) is 0 Å². The van der Waals surface area contributed by atoms with Crippen LogP contribution in [0.3, 0.4) is 0 Å². The van der Waals surface area contributed by atoms with Crippen molar-refractivity contribution in [1.29, 1.82) is 0 Å². The summed E-state index contributed by atoms with van der Waals surface area (Å²) in [6.45, 7) is 2.82. The van der Waals surface area contributed by atoms with E-state index in [4.69, 9.17) is 10.5 Å². The minimum absolute atomic E-state index is 0.423. The van der Waals surface area contributed by atoms with Crippen molar-refractivity contribution in [3.63, 3.8) is 0 Å². The quantitative estimate of drug-likeness (QED) is 0.544. The Labute approximate surface area is 115 Å². The minimum Gasteiger partial charge on any atom is -0.494 e. The summed E-state index contributed by atoms with van der Waals surface area (Å²) in [5.74, 6) is 0.287. The first-order valence-electron chi connectivity index (χ1n) is 6.91. The van der Waals surface area contributed by atoms with Gasteiger partial charge in [-0.25, -0.2) is 0 Å². The lowest BCUT2D eigenvalue weighted by Gasteiger charge is -2.06. The van der Waals surface area contributed by atoms with Gasteiger partial charge < -0.3 is 10.5 Å². The Morgan fingerprint density at radius 1 is 1.26 bits per heavy atom. The predicted octanol–water partition coefficient (Wildman–Crippen LogP) is 3.69. The van der Waals surface area contributed by atoms with E-state index in [1.54, 1.807) is 18.2 Å². The number of amides is 1. The van der Waals surface area contributed by atoms with Gasteiger partial charge in [-0.05, 0) is 50.3 Å². The second-order valence-electron chi connectivity index (χ2n) is 4.47. The molecule has 0 spiro atoms. The molecule has 0 fully saturated rings. The molecule has 1 aromatic rings. The van der Waals surface area contributed by atoms with Crippen molar-refractivity contribution in [1.82, 2.24) is 0 Å². The highest BCUT2D eigenvalue weighted by molar-refractivity contribution is 5.93. The van der Waals surface area contributed by atoms with Gasteiger partial charge in [-0.1, -0.05) is 25.1 Å². The number of hydrogen-bond donors (Lipinski definition) is 1. The fourth-order valence-corrected chi connectivity index (χ4v) is 1.75. The SMILES string of the molecule is CCC=CCCCCCOc1cccc(C(N)=O)c1. The molecule has 3 heteroatoms. The Morgan fingerprint density at radius 3 is 2.84 bits per heavy atom. The van der Waals surface area contributed by atoms with Gasteiger partial charge in [-0.3, -0.25) is 4.79 Å². The highest BCUT2D eigenvalue weighted by Crippen LogP contribution is 2.13. The molecule has 0 aromatic heterocycles. The Morgan fingerprint density at radius 2 is 2.11 bits per heavy atom. The molecule has 104 valence electrons. The van der Waals surface area contributed by atoms with E-state index in [1.165, 1.54) is 6.42 Å². The summed E-state index contributed by atoms with van der Waals surface area (Å²) in [6, 6.07) is 7.00. The number of hydrogen-bond acceptors (Lipinski definition) is 2. The van der Waals surface area contributed by atoms with Gasteiger partial charge in [0.2, 0.25) is 5.91 Å². The molecular formula is C16H23NO2. The average molecular weight is 261 g/mol. The number of carbonyl (C=O) groups excluding carboxylic acids is 1. The van der Waals surface area contributed by atoms with E-state index < -0.39 is 5.91 Å². The van der Waals surface area contributed by atoms with Crippen LogP contribution >= 0.6 is 0 Å². The number of allylic oxidation sites excluding steroid dienone is 2. The van der Waals surface area contributed by atoms with Crippen LogP contribution in [-0.2, 0) is 0 Å². The number of primary amides is 1. The van der Waals surface area contributed by atoms with E-state index >= 15 is 0 Å². The molecule has 0 saturated carbocycles. The van der Waals surface area contributed by atoms with E-state index in [-0.39, 0.29) is 0 Å². The monoisotopic (exact) mass is 261 g/mol. The summed E-state index contributed by atoms with van der Waals surface area (Å²) < 4.78 is 5.60. The topological polar surface area (TPSA) is 52.3 Å². The molecule has 1 aromatic carbocycles. The van der Waals surface area contributed by atoms with E-state index in [0.717, 1.165) is 25.7 Å². The molecule has 0 aliphatic heterocycles. The molecule has 2 N–H and O–H groups in total. The van der Waals surface area contributed by atoms with Crippen LogP contribution in [0.25, 0.3) is 0 Å². The summed E-state index contributed by atoms with van der Waals surface area (Å²) in [6.07, 6.45) is 10.1. The van der Waals surface area contributed by atoms with Gasteiger partial charge in [0.1, 0.15) is 5.75 Å². The summed E-state index contributed by atoms with van der Waals surface area (Å²) in [7, 11) is 0. The first-order valence-corrected chi connectivity index (χ1v) is 6.91. The third-order valence-corrected chi connectivity index (χ3v) is 2.80. The number of unbranched alkanes of at least 4 members (excludes halogenated alkanes) is 3. The maximum atomic E-state index is 11.0. The zero-order chi connectivity index (χ0) is 13.9. The van der Waals surface area contributed by atoms with Crippen LogP contribution in [0.1, 0.15) is 49.4 Å². The Kier molecular flexibility index (Phi) is 7.40. The average Bonchev–Trinajstić information content (AvgIpc) is 2.42. The number of ether oxygens (including phenoxy) is 1.